The van der Waals surface area contributed by atoms with Gasteiger partial charge < -0.3 is 10.2 Å². The molecular formula is C23H27ClN4O2. The second kappa shape index (κ2) is 10.3. The van der Waals surface area contributed by atoms with E-state index in [1.807, 2.05) is 26.0 Å². The number of halogens is 1. The molecule has 0 bridgehead atoms. The lowest BCUT2D eigenvalue weighted by Gasteiger charge is -2.20. The number of benzene rings is 2. The van der Waals surface area contributed by atoms with Crippen LogP contribution in [-0.2, 0) is 4.79 Å². The highest BCUT2D eigenvalue weighted by atomic mass is 35.5. The number of carbonyl (C=O) groups excluding carboxylic acids is 2. The topological polar surface area (TPSA) is 73.8 Å². The lowest BCUT2D eigenvalue weighted by atomic mass is 10.0. The molecule has 0 aliphatic carbocycles. The van der Waals surface area contributed by atoms with Gasteiger partial charge in [-0.05, 0) is 48.6 Å². The molecule has 0 radical (unpaired) electrons. The third-order valence-electron chi connectivity index (χ3n) is 5.11. The molecule has 2 N–H and O–H groups in total. The van der Waals surface area contributed by atoms with Crippen LogP contribution in [0.5, 0.6) is 0 Å². The average molecular weight is 427 g/mol. The molecule has 2 aromatic rings. The molecule has 3 rings (SSSR count). The molecule has 1 atom stereocenters. The zero-order chi connectivity index (χ0) is 21.5. The Bertz CT molecular complexity index is 906. The van der Waals surface area contributed by atoms with Gasteiger partial charge in [-0.25, -0.2) is 5.43 Å². The van der Waals surface area contributed by atoms with Crippen LogP contribution in [0, 0.1) is 5.92 Å². The van der Waals surface area contributed by atoms with Crippen LogP contribution < -0.4 is 15.6 Å². The number of anilines is 1. The van der Waals surface area contributed by atoms with Crippen LogP contribution in [0.4, 0.5) is 5.69 Å². The van der Waals surface area contributed by atoms with Crippen LogP contribution in [0.3, 0.4) is 0 Å². The molecule has 1 saturated heterocycles. The van der Waals surface area contributed by atoms with Crippen molar-refractivity contribution in [2.45, 2.75) is 32.7 Å². The number of hydrogen-bond donors (Lipinski definition) is 2. The monoisotopic (exact) mass is 426 g/mol. The number of carbonyl (C=O) groups is 2. The van der Waals surface area contributed by atoms with E-state index in [0.717, 1.165) is 18.7 Å². The molecule has 6 nitrogen and oxygen atoms in total. The fourth-order valence-corrected chi connectivity index (χ4v) is 3.61. The van der Waals surface area contributed by atoms with Crippen molar-refractivity contribution in [2.75, 3.05) is 18.0 Å². The molecule has 2 amide bonds. The molecule has 7 heteroatoms. The van der Waals surface area contributed by atoms with Gasteiger partial charge >= 0.3 is 0 Å². The van der Waals surface area contributed by atoms with Crippen molar-refractivity contribution in [3.63, 3.8) is 0 Å². The largest absolute Gasteiger partial charge is 0.372 e. The number of amides is 2. The summed E-state index contributed by atoms with van der Waals surface area (Å²) in [5, 5.41) is 7.14. The Labute approximate surface area is 182 Å². The fraction of sp³-hybridized carbons (Fsp3) is 0.348. The Balaban J connectivity index is 1.58. The minimum absolute atomic E-state index is 0.119. The van der Waals surface area contributed by atoms with Crippen LogP contribution in [0.2, 0.25) is 5.02 Å². The van der Waals surface area contributed by atoms with E-state index in [9.17, 15) is 9.59 Å². The predicted molar refractivity (Wildman–Crippen MR) is 121 cm³/mol. The summed E-state index contributed by atoms with van der Waals surface area (Å²) in [6.07, 6.45) is 4.07. The first kappa shape index (κ1) is 21.8. The number of hydrogen-bond acceptors (Lipinski definition) is 4. The summed E-state index contributed by atoms with van der Waals surface area (Å²) in [7, 11) is 0. The minimum atomic E-state index is -0.733. The molecular weight excluding hydrogens is 400 g/mol. The van der Waals surface area contributed by atoms with Crippen molar-refractivity contribution >= 4 is 35.3 Å². The van der Waals surface area contributed by atoms with Crippen LogP contribution in [0.25, 0.3) is 0 Å². The third-order valence-corrected chi connectivity index (χ3v) is 5.44. The Morgan fingerprint density at radius 1 is 1.07 bits per heavy atom. The standard InChI is InChI=1S/C23H27ClN4O2/c1-16(2)21(26-22(29)19-7-3-4-8-20(19)24)23(30)27-25-15-17-9-11-18(12-10-17)28-13-5-6-14-28/h3-4,7-12,15-16,21H,5-6,13-14H2,1-2H3,(H,26,29)(H,27,30). The molecule has 1 unspecified atom stereocenters. The van der Waals surface area contributed by atoms with Crippen molar-refractivity contribution in [1.29, 1.82) is 0 Å². The summed E-state index contributed by atoms with van der Waals surface area (Å²) in [6, 6.07) is 14.1. The Hall–Kier alpha value is -2.86. The molecule has 1 aliphatic rings. The Kier molecular flexibility index (Phi) is 7.46. The van der Waals surface area contributed by atoms with Gasteiger partial charge in [0.05, 0.1) is 16.8 Å². The van der Waals surface area contributed by atoms with Gasteiger partial charge in [-0.15, -0.1) is 0 Å². The van der Waals surface area contributed by atoms with Gasteiger partial charge in [0.25, 0.3) is 11.8 Å². The van der Waals surface area contributed by atoms with Gasteiger partial charge in [0, 0.05) is 18.8 Å². The van der Waals surface area contributed by atoms with Gasteiger partial charge in [-0.1, -0.05) is 49.7 Å². The van der Waals surface area contributed by atoms with E-state index >= 15 is 0 Å². The first-order valence-corrected chi connectivity index (χ1v) is 10.6. The lowest BCUT2D eigenvalue weighted by Crippen LogP contribution is -2.48. The van der Waals surface area contributed by atoms with Crippen molar-refractivity contribution in [1.82, 2.24) is 10.7 Å². The van der Waals surface area contributed by atoms with Crippen molar-refractivity contribution in [3.05, 3.63) is 64.7 Å². The van der Waals surface area contributed by atoms with Crippen LogP contribution >= 0.6 is 11.6 Å². The number of nitrogens with one attached hydrogen (secondary N) is 2. The maximum atomic E-state index is 12.6. The quantitative estimate of drug-likeness (QED) is 0.521. The number of nitrogens with zero attached hydrogens (tertiary/aromatic N) is 2. The molecule has 1 fully saturated rings. The molecule has 2 aromatic carbocycles. The molecule has 0 saturated carbocycles. The first-order valence-electron chi connectivity index (χ1n) is 10.2. The maximum Gasteiger partial charge on any atom is 0.262 e. The number of rotatable bonds is 7. The zero-order valence-corrected chi connectivity index (χ0v) is 18.0. The second-order valence-corrected chi connectivity index (χ2v) is 8.10. The molecule has 0 aromatic heterocycles. The van der Waals surface area contributed by atoms with E-state index in [1.165, 1.54) is 18.5 Å². The van der Waals surface area contributed by atoms with E-state index in [1.54, 1.807) is 30.5 Å². The number of hydrazone groups is 1. The minimum Gasteiger partial charge on any atom is -0.372 e. The van der Waals surface area contributed by atoms with Gasteiger partial charge in [0.2, 0.25) is 0 Å². The highest BCUT2D eigenvalue weighted by Gasteiger charge is 2.25. The van der Waals surface area contributed by atoms with Crippen LogP contribution in [0.1, 0.15) is 42.6 Å². The highest BCUT2D eigenvalue weighted by molar-refractivity contribution is 6.33. The summed E-state index contributed by atoms with van der Waals surface area (Å²) in [4.78, 5) is 27.4. The predicted octanol–water partition coefficient (Wildman–Crippen LogP) is 3.84. The molecule has 0 spiro atoms. The third kappa shape index (κ3) is 5.60. The maximum absolute atomic E-state index is 12.6. The van der Waals surface area contributed by atoms with Crippen LogP contribution in [-0.4, -0.2) is 37.2 Å². The van der Waals surface area contributed by atoms with Gasteiger partial charge in [-0.3, -0.25) is 9.59 Å². The normalized spacial score (nSPS) is 14.9. The van der Waals surface area contributed by atoms with E-state index in [4.69, 9.17) is 11.6 Å². The highest BCUT2D eigenvalue weighted by Crippen LogP contribution is 2.20. The molecule has 1 heterocycles. The summed E-state index contributed by atoms with van der Waals surface area (Å²) >= 11 is 6.08. The van der Waals surface area contributed by atoms with Crippen molar-refractivity contribution in [3.8, 4) is 0 Å². The lowest BCUT2D eigenvalue weighted by molar-refractivity contribution is -0.123. The van der Waals surface area contributed by atoms with Gasteiger partial charge in [0.1, 0.15) is 6.04 Å². The molecule has 158 valence electrons. The van der Waals surface area contributed by atoms with Gasteiger partial charge in [-0.2, -0.15) is 5.10 Å². The van der Waals surface area contributed by atoms with Crippen LogP contribution in [0.15, 0.2) is 53.6 Å². The second-order valence-electron chi connectivity index (χ2n) is 7.69. The Morgan fingerprint density at radius 2 is 1.73 bits per heavy atom. The smallest absolute Gasteiger partial charge is 0.262 e. The van der Waals surface area contributed by atoms with E-state index < -0.39 is 11.9 Å². The van der Waals surface area contributed by atoms with Crippen molar-refractivity contribution < 1.29 is 9.59 Å². The Morgan fingerprint density at radius 3 is 2.37 bits per heavy atom. The molecule has 30 heavy (non-hydrogen) atoms. The summed E-state index contributed by atoms with van der Waals surface area (Å²) < 4.78 is 0. The SMILES string of the molecule is CC(C)C(NC(=O)c1ccccc1Cl)C(=O)NN=Cc1ccc(N2CCCC2)cc1. The molecule has 1 aliphatic heterocycles. The summed E-state index contributed by atoms with van der Waals surface area (Å²) in [5.41, 5.74) is 4.95. The summed E-state index contributed by atoms with van der Waals surface area (Å²) in [6.45, 7) is 5.91. The van der Waals surface area contributed by atoms with Gasteiger partial charge in [0.15, 0.2) is 0 Å². The van der Waals surface area contributed by atoms with E-state index in [0.29, 0.717) is 10.6 Å². The zero-order valence-electron chi connectivity index (χ0n) is 17.3. The van der Waals surface area contributed by atoms with Crippen molar-refractivity contribution in [2.24, 2.45) is 11.0 Å². The van der Waals surface area contributed by atoms with E-state index in [-0.39, 0.29) is 11.8 Å². The van der Waals surface area contributed by atoms with E-state index in [2.05, 4.69) is 32.9 Å². The first-order chi connectivity index (χ1) is 14.5. The average Bonchev–Trinajstić information content (AvgIpc) is 3.27. The summed E-state index contributed by atoms with van der Waals surface area (Å²) in [5.74, 6) is -0.891. The fourth-order valence-electron chi connectivity index (χ4n) is 3.39.